The van der Waals surface area contributed by atoms with E-state index in [0.717, 1.165) is 65.3 Å². The third-order valence-corrected chi connectivity index (χ3v) is 6.69. The van der Waals surface area contributed by atoms with Crippen LogP contribution in [0.2, 0.25) is 0 Å². The average molecular weight is 448 g/mol. The van der Waals surface area contributed by atoms with Crippen LogP contribution in [0.5, 0.6) is 0 Å². The Morgan fingerprint density at radius 3 is 2.55 bits per heavy atom. The molecule has 1 aliphatic heterocycles. The first-order chi connectivity index (χ1) is 14.7. The topological polar surface area (TPSA) is 161 Å². The standard InChI is InChI=1S/C20H29N7O3S/c1-3-4-11-9-13(25-19-15(11)16(21)17(31-19)18(22)29)27-7-5-12(6-8-27)24-10-14(28)26(2)20(23)30/h9,12,24H,3-8,10,21H2,1-2H3,(H2,22,29)(H2,23,30). The van der Waals surface area contributed by atoms with Gasteiger partial charge in [-0.15, -0.1) is 11.3 Å². The summed E-state index contributed by atoms with van der Waals surface area (Å²) < 4.78 is 0. The molecule has 4 amide bonds. The summed E-state index contributed by atoms with van der Waals surface area (Å²) in [6.07, 6.45) is 3.43. The number of nitrogens with zero attached hydrogens (tertiary/aromatic N) is 3. The Hall–Kier alpha value is -2.92. The van der Waals surface area contributed by atoms with Gasteiger partial charge in [0.05, 0.1) is 12.2 Å². The summed E-state index contributed by atoms with van der Waals surface area (Å²) >= 11 is 1.24. The van der Waals surface area contributed by atoms with E-state index in [1.165, 1.54) is 18.4 Å². The van der Waals surface area contributed by atoms with Crippen molar-refractivity contribution in [3.05, 3.63) is 16.5 Å². The van der Waals surface area contributed by atoms with Crippen LogP contribution < -0.4 is 27.4 Å². The highest BCUT2D eigenvalue weighted by Crippen LogP contribution is 2.37. The Morgan fingerprint density at radius 2 is 1.97 bits per heavy atom. The zero-order valence-electron chi connectivity index (χ0n) is 17.8. The molecule has 0 radical (unpaired) electrons. The maximum Gasteiger partial charge on any atom is 0.321 e. The third-order valence-electron chi connectivity index (χ3n) is 5.58. The number of rotatable bonds is 7. The summed E-state index contributed by atoms with van der Waals surface area (Å²) in [4.78, 5) is 43.7. The summed E-state index contributed by atoms with van der Waals surface area (Å²) in [5.41, 5.74) is 18.3. The van der Waals surface area contributed by atoms with Crippen molar-refractivity contribution < 1.29 is 14.4 Å². The van der Waals surface area contributed by atoms with Gasteiger partial charge in [0.25, 0.3) is 5.91 Å². The molecular weight excluding hydrogens is 418 g/mol. The molecule has 2 aromatic heterocycles. The lowest BCUT2D eigenvalue weighted by atomic mass is 10.0. The van der Waals surface area contributed by atoms with Crippen LogP contribution in [-0.4, -0.2) is 60.5 Å². The number of likely N-dealkylation sites (N-methyl/N-ethyl adjacent to an activating group) is 1. The zero-order chi connectivity index (χ0) is 22.7. The largest absolute Gasteiger partial charge is 0.397 e. The van der Waals surface area contributed by atoms with Crippen molar-refractivity contribution in [3.63, 3.8) is 0 Å². The highest BCUT2D eigenvalue weighted by molar-refractivity contribution is 7.21. The Balaban J connectivity index is 1.71. The summed E-state index contributed by atoms with van der Waals surface area (Å²) in [5.74, 6) is -0.0316. The van der Waals surface area contributed by atoms with Crippen molar-refractivity contribution in [2.24, 2.45) is 11.5 Å². The van der Waals surface area contributed by atoms with Crippen molar-refractivity contribution in [1.82, 2.24) is 15.2 Å². The van der Waals surface area contributed by atoms with E-state index in [9.17, 15) is 14.4 Å². The average Bonchev–Trinajstić information content (AvgIpc) is 3.09. The van der Waals surface area contributed by atoms with Gasteiger partial charge in [-0.25, -0.2) is 9.78 Å². The number of nitrogens with one attached hydrogen (secondary N) is 1. The number of urea groups is 1. The van der Waals surface area contributed by atoms with Crippen LogP contribution in [0, 0.1) is 0 Å². The van der Waals surface area contributed by atoms with E-state index >= 15 is 0 Å². The minimum Gasteiger partial charge on any atom is -0.397 e. The number of piperidine rings is 1. The van der Waals surface area contributed by atoms with Crippen LogP contribution in [0.3, 0.4) is 0 Å². The van der Waals surface area contributed by atoms with E-state index in [-0.39, 0.29) is 18.5 Å². The molecule has 11 heteroatoms. The van der Waals surface area contributed by atoms with Crippen molar-refractivity contribution >= 4 is 50.9 Å². The van der Waals surface area contributed by atoms with Crippen LogP contribution in [0.15, 0.2) is 6.07 Å². The number of carbonyl (C=O) groups excluding carboxylic acids is 3. The number of hydrogen-bond donors (Lipinski definition) is 4. The quantitative estimate of drug-likeness (QED) is 0.493. The predicted molar refractivity (Wildman–Crippen MR) is 122 cm³/mol. The van der Waals surface area contributed by atoms with Crippen LogP contribution in [0.25, 0.3) is 10.2 Å². The molecule has 0 aromatic carbocycles. The van der Waals surface area contributed by atoms with E-state index in [4.69, 9.17) is 22.2 Å². The van der Waals surface area contributed by atoms with Crippen molar-refractivity contribution in [3.8, 4) is 0 Å². The number of imide groups is 1. The molecule has 0 aliphatic carbocycles. The minimum absolute atomic E-state index is 0.0688. The maximum atomic E-state index is 11.9. The first-order valence-corrected chi connectivity index (χ1v) is 11.1. The second-order valence-electron chi connectivity index (χ2n) is 7.71. The predicted octanol–water partition coefficient (Wildman–Crippen LogP) is 1.03. The number of thiophene rings is 1. The number of primary amides is 2. The molecule has 0 unspecified atom stereocenters. The van der Waals surface area contributed by atoms with Crippen LogP contribution in [0.1, 0.15) is 41.4 Å². The molecule has 1 aliphatic rings. The molecule has 31 heavy (non-hydrogen) atoms. The highest BCUT2D eigenvalue weighted by Gasteiger charge is 2.24. The van der Waals surface area contributed by atoms with E-state index < -0.39 is 11.9 Å². The molecular formula is C20H29N7O3S. The zero-order valence-corrected chi connectivity index (χ0v) is 18.6. The molecule has 3 rings (SSSR count). The fraction of sp³-hybridized carbons (Fsp3) is 0.500. The summed E-state index contributed by atoms with van der Waals surface area (Å²) in [5, 5.41) is 4.03. The highest BCUT2D eigenvalue weighted by atomic mass is 32.1. The van der Waals surface area contributed by atoms with E-state index in [1.54, 1.807) is 0 Å². The molecule has 2 aromatic rings. The lowest BCUT2D eigenvalue weighted by Gasteiger charge is -2.33. The Kier molecular flexibility index (Phi) is 6.96. The lowest BCUT2D eigenvalue weighted by molar-refractivity contribution is -0.126. The molecule has 7 N–H and O–H groups in total. The van der Waals surface area contributed by atoms with E-state index in [1.807, 2.05) is 0 Å². The number of amides is 4. The second kappa shape index (κ2) is 9.48. The lowest BCUT2D eigenvalue weighted by Crippen LogP contribution is -2.48. The monoisotopic (exact) mass is 447 g/mol. The number of hydrogen-bond acceptors (Lipinski definition) is 8. The van der Waals surface area contributed by atoms with Crippen LogP contribution in [0.4, 0.5) is 16.3 Å². The number of aryl methyl sites for hydroxylation is 1. The van der Waals surface area contributed by atoms with Gasteiger partial charge in [-0.05, 0) is 30.9 Å². The maximum absolute atomic E-state index is 11.9. The normalized spacial score (nSPS) is 14.7. The molecule has 0 atom stereocenters. The molecule has 1 saturated heterocycles. The first-order valence-electron chi connectivity index (χ1n) is 10.3. The Labute approximate surface area is 184 Å². The minimum atomic E-state index is -0.764. The van der Waals surface area contributed by atoms with Crippen molar-refractivity contribution in [2.75, 3.05) is 37.3 Å². The third kappa shape index (κ3) is 4.88. The van der Waals surface area contributed by atoms with Gasteiger partial charge in [0.15, 0.2) is 0 Å². The molecule has 0 bridgehead atoms. The molecule has 1 fully saturated rings. The second-order valence-corrected chi connectivity index (χ2v) is 8.71. The fourth-order valence-electron chi connectivity index (χ4n) is 3.78. The molecule has 0 spiro atoms. The number of carbonyl (C=O) groups is 3. The summed E-state index contributed by atoms with van der Waals surface area (Å²) in [6.45, 7) is 3.70. The van der Waals surface area contributed by atoms with Gasteiger partial charge in [-0.3, -0.25) is 14.5 Å². The number of fused-ring (bicyclic) bond motifs is 1. The number of pyridine rings is 1. The number of nitrogen functional groups attached to an aromatic ring is 1. The van der Waals surface area contributed by atoms with Crippen LogP contribution >= 0.6 is 11.3 Å². The van der Waals surface area contributed by atoms with Gasteiger partial charge in [-0.2, -0.15) is 0 Å². The smallest absolute Gasteiger partial charge is 0.321 e. The van der Waals surface area contributed by atoms with Crippen molar-refractivity contribution in [1.29, 1.82) is 0 Å². The number of aromatic nitrogens is 1. The van der Waals surface area contributed by atoms with Gasteiger partial charge in [-0.1, -0.05) is 13.3 Å². The Morgan fingerprint density at radius 1 is 1.29 bits per heavy atom. The SMILES string of the molecule is CCCc1cc(N2CCC(NCC(=O)N(C)C(N)=O)CC2)nc2sc(C(N)=O)c(N)c12. The van der Waals surface area contributed by atoms with Gasteiger partial charge in [0, 0.05) is 31.6 Å². The van der Waals surface area contributed by atoms with E-state index in [0.29, 0.717) is 10.6 Å². The van der Waals surface area contributed by atoms with Crippen molar-refractivity contribution in [2.45, 2.75) is 38.6 Å². The first kappa shape index (κ1) is 22.8. The fourth-order valence-corrected chi connectivity index (χ4v) is 4.77. The Bertz CT molecular complexity index is 998. The van der Waals surface area contributed by atoms with Crippen LogP contribution in [-0.2, 0) is 11.2 Å². The molecule has 168 valence electrons. The van der Waals surface area contributed by atoms with E-state index in [2.05, 4.69) is 23.2 Å². The summed E-state index contributed by atoms with van der Waals surface area (Å²) in [6, 6.07) is 1.46. The molecule has 3 heterocycles. The van der Waals surface area contributed by atoms with Gasteiger partial charge >= 0.3 is 6.03 Å². The van der Waals surface area contributed by atoms with Gasteiger partial charge < -0.3 is 27.4 Å². The van der Waals surface area contributed by atoms with Gasteiger partial charge in [0.2, 0.25) is 5.91 Å². The van der Waals surface area contributed by atoms with Gasteiger partial charge in [0.1, 0.15) is 15.5 Å². The summed E-state index contributed by atoms with van der Waals surface area (Å²) in [7, 11) is 1.37. The number of anilines is 2. The number of nitrogens with two attached hydrogens (primary N) is 3. The molecule has 10 nitrogen and oxygen atoms in total. The molecule has 0 saturated carbocycles.